The van der Waals surface area contributed by atoms with Crippen LogP contribution in [0.2, 0.25) is 5.02 Å². The van der Waals surface area contributed by atoms with Gasteiger partial charge in [0.15, 0.2) is 0 Å². The van der Waals surface area contributed by atoms with Crippen molar-refractivity contribution in [2.24, 2.45) is 5.92 Å². The van der Waals surface area contributed by atoms with Gasteiger partial charge in [0.2, 0.25) is 0 Å². The molecule has 0 unspecified atom stereocenters. The molecular formula is C17H19ClN4O3. The molecule has 1 fully saturated rings. The van der Waals surface area contributed by atoms with E-state index in [0.29, 0.717) is 17.3 Å². The highest BCUT2D eigenvalue weighted by atomic mass is 35.5. The van der Waals surface area contributed by atoms with Crippen molar-refractivity contribution in [3.8, 4) is 5.69 Å². The smallest absolute Gasteiger partial charge is 0.292 e. The van der Waals surface area contributed by atoms with Crippen LogP contribution in [0, 0.1) is 16.0 Å². The van der Waals surface area contributed by atoms with Crippen molar-refractivity contribution in [3.63, 3.8) is 0 Å². The molecule has 0 radical (unpaired) electrons. The van der Waals surface area contributed by atoms with Crippen molar-refractivity contribution in [2.45, 2.75) is 25.7 Å². The summed E-state index contributed by atoms with van der Waals surface area (Å²) < 4.78 is 1.15. The Morgan fingerprint density at radius 2 is 1.96 bits per heavy atom. The van der Waals surface area contributed by atoms with Gasteiger partial charge in [0.05, 0.1) is 22.5 Å². The van der Waals surface area contributed by atoms with E-state index in [2.05, 4.69) is 5.10 Å². The van der Waals surface area contributed by atoms with E-state index >= 15 is 0 Å². The zero-order valence-corrected chi connectivity index (χ0v) is 14.6. The number of nitrogens with zero attached hydrogens (tertiary/aromatic N) is 4. The number of hydrogen-bond donors (Lipinski definition) is 0. The number of nitro groups is 1. The topological polar surface area (TPSA) is 81.3 Å². The van der Waals surface area contributed by atoms with Crippen molar-refractivity contribution in [3.05, 3.63) is 56.0 Å². The molecule has 2 aromatic rings. The molecule has 1 aliphatic carbocycles. The molecule has 3 rings (SSSR count). The number of benzene rings is 1. The summed E-state index contributed by atoms with van der Waals surface area (Å²) in [7, 11) is 1.91. The van der Waals surface area contributed by atoms with Crippen molar-refractivity contribution >= 4 is 23.0 Å². The van der Waals surface area contributed by atoms with E-state index in [1.54, 1.807) is 6.20 Å². The Labute approximate surface area is 150 Å². The number of aromatic nitrogens is 2. The Balaban J connectivity index is 1.86. The minimum atomic E-state index is -0.492. The first-order valence-corrected chi connectivity index (χ1v) is 8.59. The molecule has 0 atom stereocenters. The second-order valence-electron chi connectivity index (χ2n) is 6.37. The maximum Gasteiger partial charge on any atom is 0.292 e. The Morgan fingerprint density at radius 3 is 2.56 bits per heavy atom. The van der Waals surface area contributed by atoms with E-state index < -0.39 is 10.5 Å². The average molecular weight is 363 g/mol. The quantitative estimate of drug-likeness (QED) is 0.601. The first kappa shape index (κ1) is 17.4. The van der Waals surface area contributed by atoms with Crippen LogP contribution in [0.4, 0.5) is 11.4 Å². The summed E-state index contributed by atoms with van der Waals surface area (Å²) >= 11 is 6.29. The normalized spacial score (nSPS) is 14.6. The molecule has 0 aliphatic heterocycles. The van der Waals surface area contributed by atoms with Crippen LogP contribution in [0.3, 0.4) is 0 Å². The van der Waals surface area contributed by atoms with Gasteiger partial charge in [-0.3, -0.25) is 14.9 Å². The first-order chi connectivity index (χ1) is 12.0. The second-order valence-corrected chi connectivity index (χ2v) is 6.74. The van der Waals surface area contributed by atoms with Crippen molar-refractivity contribution in [1.29, 1.82) is 0 Å². The molecule has 25 heavy (non-hydrogen) atoms. The van der Waals surface area contributed by atoms with E-state index in [9.17, 15) is 14.9 Å². The van der Waals surface area contributed by atoms with E-state index in [4.69, 9.17) is 11.6 Å². The standard InChI is InChI=1S/C17H19ClN4O3/c1-20(11-12-4-2-3-5-12)15-10-19-21(17(23)16(15)18)13-6-8-14(9-7-13)22(24)25/h6-10,12H,2-5,11H2,1H3. The van der Waals surface area contributed by atoms with Crippen LogP contribution in [0.25, 0.3) is 5.69 Å². The predicted molar refractivity (Wildman–Crippen MR) is 96.7 cm³/mol. The van der Waals surface area contributed by atoms with E-state index in [-0.39, 0.29) is 10.7 Å². The summed E-state index contributed by atoms with van der Waals surface area (Å²) in [5.41, 5.74) is 0.557. The number of nitro benzene ring substituents is 1. The van der Waals surface area contributed by atoms with Gasteiger partial charge in [-0.1, -0.05) is 24.4 Å². The summed E-state index contributed by atoms with van der Waals surface area (Å²) in [4.78, 5) is 24.8. The lowest BCUT2D eigenvalue weighted by Gasteiger charge is -2.23. The molecule has 132 valence electrons. The molecule has 0 bridgehead atoms. The molecule has 0 spiro atoms. The molecule has 1 aliphatic rings. The maximum atomic E-state index is 12.6. The van der Waals surface area contributed by atoms with Gasteiger partial charge in [-0.25, -0.2) is 0 Å². The maximum absolute atomic E-state index is 12.6. The molecule has 1 heterocycles. The summed E-state index contributed by atoms with van der Waals surface area (Å²) in [5, 5.41) is 15.0. The van der Waals surface area contributed by atoms with Gasteiger partial charge < -0.3 is 4.90 Å². The second kappa shape index (κ2) is 7.23. The van der Waals surface area contributed by atoms with Gasteiger partial charge in [-0.05, 0) is 30.9 Å². The van der Waals surface area contributed by atoms with Crippen LogP contribution in [-0.4, -0.2) is 28.3 Å². The lowest BCUT2D eigenvalue weighted by atomic mass is 10.1. The van der Waals surface area contributed by atoms with Crippen LogP contribution in [0.5, 0.6) is 0 Å². The first-order valence-electron chi connectivity index (χ1n) is 8.21. The number of non-ortho nitro benzene ring substituents is 1. The zero-order chi connectivity index (χ0) is 18.0. The molecule has 1 aromatic carbocycles. The third-order valence-electron chi connectivity index (χ3n) is 4.62. The van der Waals surface area contributed by atoms with Crippen molar-refractivity contribution < 1.29 is 4.92 Å². The summed E-state index contributed by atoms with van der Waals surface area (Å²) in [5.74, 6) is 0.623. The van der Waals surface area contributed by atoms with Crippen LogP contribution in [0.1, 0.15) is 25.7 Å². The summed E-state index contributed by atoms with van der Waals surface area (Å²) in [6, 6.07) is 5.62. The number of hydrogen-bond acceptors (Lipinski definition) is 5. The van der Waals surface area contributed by atoms with Crippen LogP contribution < -0.4 is 10.5 Å². The molecule has 7 nitrogen and oxygen atoms in total. The Kier molecular flexibility index (Phi) is 5.03. The third kappa shape index (κ3) is 3.66. The molecule has 0 N–H and O–H groups in total. The lowest BCUT2D eigenvalue weighted by Crippen LogP contribution is -2.29. The number of anilines is 1. The molecular weight excluding hydrogens is 344 g/mol. The van der Waals surface area contributed by atoms with Crippen molar-refractivity contribution in [1.82, 2.24) is 9.78 Å². The fourth-order valence-electron chi connectivity index (χ4n) is 3.27. The predicted octanol–water partition coefficient (Wildman–Crippen LogP) is 3.42. The van der Waals surface area contributed by atoms with E-state index in [0.717, 1.165) is 11.2 Å². The van der Waals surface area contributed by atoms with Gasteiger partial charge in [0.1, 0.15) is 5.02 Å². The highest BCUT2D eigenvalue weighted by Crippen LogP contribution is 2.28. The minimum Gasteiger partial charge on any atom is -0.372 e. The van der Waals surface area contributed by atoms with E-state index in [1.165, 1.54) is 49.9 Å². The zero-order valence-electron chi connectivity index (χ0n) is 13.9. The summed E-state index contributed by atoms with van der Waals surface area (Å²) in [6.45, 7) is 0.850. The fourth-order valence-corrected chi connectivity index (χ4v) is 3.54. The van der Waals surface area contributed by atoms with Crippen LogP contribution in [-0.2, 0) is 0 Å². The highest BCUT2D eigenvalue weighted by Gasteiger charge is 2.20. The fraction of sp³-hybridized carbons (Fsp3) is 0.412. The summed E-state index contributed by atoms with van der Waals surface area (Å²) in [6.07, 6.45) is 6.49. The molecule has 0 amide bonds. The van der Waals surface area contributed by atoms with Gasteiger partial charge in [0, 0.05) is 25.7 Å². The highest BCUT2D eigenvalue weighted by molar-refractivity contribution is 6.33. The van der Waals surface area contributed by atoms with Gasteiger partial charge in [-0.2, -0.15) is 9.78 Å². The molecule has 8 heteroatoms. The third-order valence-corrected chi connectivity index (χ3v) is 4.98. The lowest BCUT2D eigenvalue weighted by molar-refractivity contribution is -0.384. The Morgan fingerprint density at radius 1 is 1.32 bits per heavy atom. The largest absolute Gasteiger partial charge is 0.372 e. The Bertz CT molecular complexity index is 829. The number of rotatable bonds is 5. The molecule has 1 aromatic heterocycles. The van der Waals surface area contributed by atoms with Gasteiger partial charge in [0.25, 0.3) is 11.2 Å². The molecule has 0 saturated heterocycles. The van der Waals surface area contributed by atoms with Gasteiger partial charge >= 0.3 is 0 Å². The SMILES string of the molecule is CN(CC1CCCC1)c1cnn(-c2ccc([N+](=O)[O-])cc2)c(=O)c1Cl. The minimum absolute atomic E-state index is 0.0455. The molecule has 1 saturated carbocycles. The van der Waals surface area contributed by atoms with Crippen LogP contribution in [0.15, 0.2) is 35.3 Å². The number of halogens is 1. The van der Waals surface area contributed by atoms with Gasteiger partial charge in [-0.15, -0.1) is 0 Å². The average Bonchev–Trinajstić information content (AvgIpc) is 3.10. The monoisotopic (exact) mass is 362 g/mol. The van der Waals surface area contributed by atoms with E-state index in [1.807, 2.05) is 11.9 Å². The Hall–Kier alpha value is -2.41. The van der Waals surface area contributed by atoms with Crippen LogP contribution >= 0.6 is 11.6 Å². The van der Waals surface area contributed by atoms with Crippen molar-refractivity contribution in [2.75, 3.05) is 18.5 Å².